The summed E-state index contributed by atoms with van der Waals surface area (Å²) < 4.78 is 0. The molecule has 134 valence electrons. The summed E-state index contributed by atoms with van der Waals surface area (Å²) in [6.07, 6.45) is 0. The largest absolute Gasteiger partial charge is 0.366 e. The number of hydrogen-bond donors (Lipinski definition) is 2. The van der Waals surface area contributed by atoms with Gasteiger partial charge in [0, 0.05) is 30.0 Å². The monoisotopic (exact) mass is 352 g/mol. The quantitative estimate of drug-likeness (QED) is 0.861. The minimum atomic E-state index is -0.526. The maximum Gasteiger partial charge on any atom is 0.325 e. The summed E-state index contributed by atoms with van der Waals surface area (Å²) in [7, 11) is 0. The third-order valence-corrected chi connectivity index (χ3v) is 4.23. The van der Waals surface area contributed by atoms with Gasteiger partial charge in [0.05, 0.1) is 0 Å². The predicted molar refractivity (Wildman–Crippen MR) is 99.1 cm³/mol. The first-order valence-corrected chi connectivity index (χ1v) is 8.27. The Labute approximate surface area is 151 Å². The smallest absolute Gasteiger partial charge is 0.325 e. The maximum atomic E-state index is 12.5. The van der Waals surface area contributed by atoms with Crippen molar-refractivity contribution in [1.82, 2.24) is 4.90 Å². The van der Waals surface area contributed by atoms with Crippen LogP contribution in [0.3, 0.4) is 0 Å². The van der Waals surface area contributed by atoms with Gasteiger partial charge >= 0.3 is 6.03 Å². The van der Waals surface area contributed by atoms with Gasteiger partial charge in [-0.15, -0.1) is 0 Å². The van der Waals surface area contributed by atoms with Crippen molar-refractivity contribution in [1.29, 1.82) is 0 Å². The molecule has 1 aliphatic heterocycles. The Balaban J connectivity index is 1.58. The standard InChI is InChI=1S/C19H20N4O3/c1-13-2-8-16(9-3-13)23-11-10-22(19(23)26)12-17(24)21-15-6-4-14(5-7-15)18(20)25/h2-9H,10-12H2,1H3,(H2,20,25)(H,21,24). The molecule has 26 heavy (non-hydrogen) atoms. The Kier molecular flexibility index (Phi) is 4.88. The van der Waals surface area contributed by atoms with E-state index in [1.807, 2.05) is 31.2 Å². The van der Waals surface area contributed by atoms with Crippen LogP contribution in [0.25, 0.3) is 0 Å². The van der Waals surface area contributed by atoms with Gasteiger partial charge in [-0.25, -0.2) is 4.79 Å². The van der Waals surface area contributed by atoms with E-state index in [0.29, 0.717) is 24.3 Å². The number of anilines is 2. The van der Waals surface area contributed by atoms with Gasteiger partial charge in [0.25, 0.3) is 0 Å². The third kappa shape index (κ3) is 3.83. The first kappa shape index (κ1) is 17.5. The number of benzene rings is 2. The molecule has 0 unspecified atom stereocenters. The Morgan fingerprint density at radius 2 is 1.69 bits per heavy atom. The molecule has 0 aromatic heterocycles. The second kappa shape index (κ2) is 7.26. The fourth-order valence-corrected chi connectivity index (χ4v) is 2.79. The van der Waals surface area contributed by atoms with Gasteiger partial charge in [-0.2, -0.15) is 0 Å². The minimum absolute atomic E-state index is 0.0290. The molecule has 2 aromatic rings. The zero-order valence-electron chi connectivity index (χ0n) is 14.4. The molecule has 1 fully saturated rings. The number of carbonyl (C=O) groups is 3. The average Bonchev–Trinajstić information content (AvgIpc) is 2.97. The SMILES string of the molecule is Cc1ccc(N2CCN(CC(=O)Nc3ccc(C(N)=O)cc3)C2=O)cc1. The Hall–Kier alpha value is -3.35. The van der Waals surface area contributed by atoms with Gasteiger partial charge in [-0.05, 0) is 43.3 Å². The van der Waals surface area contributed by atoms with Crippen LogP contribution in [0.2, 0.25) is 0 Å². The summed E-state index contributed by atoms with van der Waals surface area (Å²) in [5.74, 6) is -0.822. The molecule has 0 atom stereocenters. The van der Waals surface area contributed by atoms with Crippen molar-refractivity contribution >= 4 is 29.2 Å². The van der Waals surface area contributed by atoms with Crippen LogP contribution in [-0.2, 0) is 4.79 Å². The van der Waals surface area contributed by atoms with Crippen LogP contribution >= 0.6 is 0 Å². The zero-order valence-corrected chi connectivity index (χ0v) is 14.4. The Morgan fingerprint density at radius 1 is 1.04 bits per heavy atom. The molecule has 3 N–H and O–H groups in total. The fraction of sp³-hybridized carbons (Fsp3) is 0.211. The Morgan fingerprint density at radius 3 is 2.31 bits per heavy atom. The number of aryl methyl sites for hydroxylation is 1. The first-order valence-electron chi connectivity index (χ1n) is 8.27. The third-order valence-electron chi connectivity index (χ3n) is 4.23. The summed E-state index contributed by atoms with van der Waals surface area (Å²) in [6, 6.07) is 13.8. The van der Waals surface area contributed by atoms with Crippen molar-refractivity contribution in [3.8, 4) is 0 Å². The van der Waals surface area contributed by atoms with Crippen molar-refractivity contribution in [2.24, 2.45) is 5.73 Å². The summed E-state index contributed by atoms with van der Waals surface area (Å²) >= 11 is 0. The zero-order chi connectivity index (χ0) is 18.7. The number of nitrogens with two attached hydrogens (primary N) is 1. The van der Waals surface area contributed by atoms with Gasteiger partial charge in [0.2, 0.25) is 11.8 Å². The summed E-state index contributed by atoms with van der Waals surface area (Å²) in [5, 5.41) is 2.71. The number of urea groups is 1. The van der Waals surface area contributed by atoms with E-state index >= 15 is 0 Å². The van der Waals surface area contributed by atoms with E-state index in [0.717, 1.165) is 11.3 Å². The topological polar surface area (TPSA) is 95.7 Å². The van der Waals surface area contributed by atoms with E-state index in [2.05, 4.69) is 5.32 Å². The van der Waals surface area contributed by atoms with Crippen molar-refractivity contribution in [2.45, 2.75) is 6.92 Å². The molecule has 7 heteroatoms. The highest BCUT2D eigenvalue weighted by molar-refractivity contribution is 5.99. The van der Waals surface area contributed by atoms with Gasteiger partial charge in [0.15, 0.2) is 0 Å². The molecule has 0 saturated carbocycles. The normalized spacial score (nSPS) is 13.8. The van der Waals surface area contributed by atoms with Crippen LogP contribution in [0.1, 0.15) is 15.9 Å². The summed E-state index contributed by atoms with van der Waals surface area (Å²) in [6.45, 7) is 2.99. The van der Waals surface area contributed by atoms with Crippen molar-refractivity contribution in [3.63, 3.8) is 0 Å². The summed E-state index contributed by atoms with van der Waals surface area (Å²) in [4.78, 5) is 38.9. The van der Waals surface area contributed by atoms with Gasteiger partial charge in [0.1, 0.15) is 6.54 Å². The molecule has 2 aromatic carbocycles. The number of nitrogens with zero attached hydrogens (tertiary/aromatic N) is 2. The van der Waals surface area contributed by atoms with Crippen molar-refractivity contribution in [3.05, 3.63) is 59.7 Å². The van der Waals surface area contributed by atoms with E-state index in [-0.39, 0.29) is 18.5 Å². The van der Waals surface area contributed by atoms with Crippen molar-refractivity contribution in [2.75, 3.05) is 29.9 Å². The van der Waals surface area contributed by atoms with E-state index in [1.54, 1.807) is 17.0 Å². The summed E-state index contributed by atoms with van der Waals surface area (Å²) in [5.41, 5.74) is 8.04. The molecule has 1 aliphatic rings. The van der Waals surface area contributed by atoms with E-state index in [1.165, 1.54) is 17.0 Å². The second-order valence-corrected chi connectivity index (χ2v) is 6.18. The number of nitrogens with one attached hydrogen (secondary N) is 1. The maximum absolute atomic E-state index is 12.5. The molecular weight excluding hydrogens is 332 g/mol. The molecule has 4 amide bonds. The van der Waals surface area contributed by atoms with Crippen LogP contribution in [0, 0.1) is 6.92 Å². The van der Waals surface area contributed by atoms with Gasteiger partial charge < -0.3 is 16.0 Å². The molecule has 0 bridgehead atoms. The van der Waals surface area contributed by atoms with Crippen LogP contribution in [0.4, 0.5) is 16.2 Å². The van der Waals surface area contributed by atoms with E-state index in [9.17, 15) is 14.4 Å². The molecule has 7 nitrogen and oxygen atoms in total. The van der Waals surface area contributed by atoms with Crippen molar-refractivity contribution < 1.29 is 14.4 Å². The van der Waals surface area contributed by atoms with Crippen LogP contribution in [0.5, 0.6) is 0 Å². The number of hydrogen-bond acceptors (Lipinski definition) is 3. The number of carbonyl (C=O) groups excluding carboxylic acids is 3. The van der Waals surface area contributed by atoms with Crippen LogP contribution < -0.4 is 16.0 Å². The lowest BCUT2D eigenvalue weighted by Gasteiger charge is -2.18. The number of primary amides is 1. The van der Waals surface area contributed by atoms with Crippen LogP contribution in [-0.4, -0.2) is 42.4 Å². The van der Waals surface area contributed by atoms with Crippen LogP contribution in [0.15, 0.2) is 48.5 Å². The Bertz CT molecular complexity index is 831. The highest BCUT2D eigenvalue weighted by atomic mass is 16.2. The number of rotatable bonds is 5. The highest BCUT2D eigenvalue weighted by Crippen LogP contribution is 2.20. The van der Waals surface area contributed by atoms with Gasteiger partial charge in [-0.1, -0.05) is 17.7 Å². The molecular formula is C19H20N4O3. The van der Waals surface area contributed by atoms with Gasteiger partial charge in [-0.3, -0.25) is 14.5 Å². The molecule has 0 aliphatic carbocycles. The lowest BCUT2D eigenvalue weighted by Crippen LogP contribution is -2.37. The predicted octanol–water partition coefficient (Wildman–Crippen LogP) is 1.97. The second-order valence-electron chi connectivity index (χ2n) is 6.18. The van der Waals surface area contributed by atoms with E-state index in [4.69, 9.17) is 5.73 Å². The number of amides is 4. The minimum Gasteiger partial charge on any atom is -0.366 e. The fourth-order valence-electron chi connectivity index (χ4n) is 2.79. The lowest BCUT2D eigenvalue weighted by atomic mass is 10.2. The average molecular weight is 352 g/mol. The van der Waals surface area contributed by atoms with E-state index < -0.39 is 5.91 Å². The molecule has 1 heterocycles. The molecule has 3 rings (SSSR count). The lowest BCUT2D eigenvalue weighted by molar-refractivity contribution is -0.116. The highest BCUT2D eigenvalue weighted by Gasteiger charge is 2.30. The first-order chi connectivity index (χ1) is 12.4. The molecule has 0 spiro atoms. The molecule has 1 saturated heterocycles. The molecule has 0 radical (unpaired) electrons.